The topological polar surface area (TPSA) is 63.4 Å². The van der Waals surface area contributed by atoms with E-state index in [1.54, 1.807) is 0 Å². The zero-order valence-electron chi connectivity index (χ0n) is 13.9. The second-order valence-corrected chi connectivity index (χ2v) is 7.93. The van der Waals surface area contributed by atoms with E-state index in [2.05, 4.69) is 10.3 Å². The Labute approximate surface area is 141 Å². The third kappa shape index (κ3) is 3.11. The number of H-pyrrole nitrogens is 1. The van der Waals surface area contributed by atoms with E-state index in [1.165, 1.54) is 14.2 Å². The Morgan fingerprint density at radius 1 is 1.04 bits per heavy atom. The summed E-state index contributed by atoms with van der Waals surface area (Å²) in [6.07, 6.45) is 1.85. The normalized spacial score (nSPS) is 13.1. The molecule has 3 aromatic rings. The first-order valence-corrected chi connectivity index (χ1v) is 9.29. The first-order valence-electron chi connectivity index (χ1n) is 7.68. The first-order chi connectivity index (χ1) is 11.6. The molecule has 0 spiro atoms. The van der Waals surface area contributed by atoms with Gasteiger partial charge in [0.15, 0.2) is 5.78 Å². The fourth-order valence-electron chi connectivity index (χ4n) is 2.74. The van der Waals surface area contributed by atoms with Crippen molar-refractivity contribution in [1.29, 1.82) is 0 Å². The highest BCUT2D eigenvalue weighted by Crippen LogP contribution is 2.60. The molecule has 0 saturated carbocycles. The van der Waals surface area contributed by atoms with Crippen LogP contribution < -0.4 is 5.32 Å². The zero-order chi connectivity index (χ0) is 17.2. The summed E-state index contributed by atoms with van der Waals surface area (Å²) in [5.74, 6) is -0.619. The molecule has 6 heteroatoms. The van der Waals surface area contributed by atoms with E-state index in [4.69, 9.17) is 9.05 Å². The molecule has 0 aliphatic carbocycles. The number of rotatable bonds is 6. The van der Waals surface area contributed by atoms with Crippen molar-refractivity contribution in [2.75, 3.05) is 19.5 Å². The van der Waals surface area contributed by atoms with Gasteiger partial charge < -0.3 is 19.3 Å². The van der Waals surface area contributed by atoms with Crippen LogP contribution in [0.4, 0.5) is 5.69 Å². The molecule has 2 aromatic carbocycles. The van der Waals surface area contributed by atoms with Crippen molar-refractivity contribution < 1.29 is 13.6 Å². The van der Waals surface area contributed by atoms with Crippen LogP contribution in [0.15, 0.2) is 54.7 Å². The molecule has 1 atom stereocenters. The minimum atomic E-state index is -3.39. The van der Waals surface area contributed by atoms with Crippen molar-refractivity contribution in [3.05, 3.63) is 65.9 Å². The van der Waals surface area contributed by atoms with Crippen LogP contribution in [0.1, 0.15) is 16.9 Å². The molecule has 0 bridgehead atoms. The highest BCUT2D eigenvalue weighted by molar-refractivity contribution is 7.54. The summed E-state index contributed by atoms with van der Waals surface area (Å²) in [6.45, 7) is 2.02. The van der Waals surface area contributed by atoms with Gasteiger partial charge in [-0.1, -0.05) is 35.9 Å². The molecule has 126 valence electrons. The lowest BCUT2D eigenvalue weighted by Crippen LogP contribution is -2.13. The van der Waals surface area contributed by atoms with Crippen molar-refractivity contribution in [1.82, 2.24) is 4.98 Å². The van der Waals surface area contributed by atoms with Crippen molar-refractivity contribution >= 4 is 24.2 Å². The highest BCUT2D eigenvalue weighted by Gasteiger charge is 2.37. The van der Waals surface area contributed by atoms with Gasteiger partial charge in [0.25, 0.3) is 0 Å². The van der Waals surface area contributed by atoms with Crippen LogP contribution in [0.25, 0.3) is 10.9 Å². The van der Waals surface area contributed by atoms with Crippen LogP contribution in [-0.2, 0) is 13.6 Å². The van der Waals surface area contributed by atoms with Crippen molar-refractivity contribution in [2.45, 2.75) is 12.7 Å². The van der Waals surface area contributed by atoms with Crippen LogP contribution in [-0.4, -0.2) is 19.2 Å². The number of aryl methyl sites for hydroxylation is 1. The number of benzene rings is 2. The number of aromatic nitrogens is 1. The lowest BCUT2D eigenvalue weighted by Gasteiger charge is -2.26. The van der Waals surface area contributed by atoms with Gasteiger partial charge in [-0.25, -0.2) is 0 Å². The van der Waals surface area contributed by atoms with Gasteiger partial charge in [0.2, 0.25) is 0 Å². The van der Waals surface area contributed by atoms with Gasteiger partial charge in [-0.2, -0.15) is 0 Å². The number of hydrogen-bond donors (Lipinski definition) is 2. The average molecular weight is 344 g/mol. The molecule has 0 aliphatic rings. The lowest BCUT2D eigenvalue weighted by molar-refractivity contribution is 0.268. The average Bonchev–Trinajstić information content (AvgIpc) is 3.04. The molecule has 1 heterocycles. The van der Waals surface area contributed by atoms with Crippen LogP contribution in [0, 0.1) is 6.92 Å². The summed E-state index contributed by atoms with van der Waals surface area (Å²) in [7, 11) is -0.581. The summed E-state index contributed by atoms with van der Waals surface area (Å²) in [5.41, 5.74) is 3.83. The molecule has 0 radical (unpaired) electrons. The van der Waals surface area contributed by atoms with Crippen molar-refractivity contribution in [3.63, 3.8) is 0 Å². The van der Waals surface area contributed by atoms with Gasteiger partial charge in [-0.3, -0.25) is 4.57 Å². The second kappa shape index (κ2) is 6.81. The number of aromatic amines is 1. The van der Waals surface area contributed by atoms with Crippen LogP contribution >= 0.6 is 7.60 Å². The van der Waals surface area contributed by atoms with E-state index in [0.717, 1.165) is 27.7 Å². The fraction of sp³-hybridized carbons (Fsp3) is 0.222. The van der Waals surface area contributed by atoms with Crippen LogP contribution in [0.3, 0.4) is 0 Å². The summed E-state index contributed by atoms with van der Waals surface area (Å²) in [6, 6.07) is 15.8. The molecule has 3 rings (SSSR count). The minimum absolute atomic E-state index is 0.619. The van der Waals surface area contributed by atoms with E-state index < -0.39 is 13.4 Å². The standard InChI is InChI=1S/C18H21N2O3P/c1-13-8-10-14(11-9-13)20-18(24(21,22-2)23-3)16-12-19-17-7-5-4-6-15(16)17/h4-12,18-20H,1-3H3. The SMILES string of the molecule is COP(=O)(OC)C(Nc1ccc(C)cc1)c1c[nH]c2ccccc12. The summed E-state index contributed by atoms with van der Waals surface area (Å²) in [4.78, 5) is 3.21. The summed E-state index contributed by atoms with van der Waals surface area (Å²) >= 11 is 0. The first kappa shape index (κ1) is 16.8. The number of nitrogens with one attached hydrogen (secondary N) is 2. The smallest absolute Gasteiger partial charge is 0.356 e. The molecule has 0 amide bonds. The lowest BCUT2D eigenvalue weighted by atomic mass is 10.1. The maximum Gasteiger partial charge on any atom is 0.356 e. The van der Waals surface area contributed by atoms with Crippen LogP contribution in [0.2, 0.25) is 0 Å². The number of anilines is 1. The van der Waals surface area contributed by atoms with E-state index in [0.29, 0.717) is 0 Å². The quantitative estimate of drug-likeness (QED) is 0.613. The summed E-state index contributed by atoms with van der Waals surface area (Å²) in [5, 5.41) is 4.29. The third-order valence-electron chi connectivity index (χ3n) is 4.10. The Balaban J connectivity index is 2.08. The van der Waals surface area contributed by atoms with Gasteiger partial charge in [-0.15, -0.1) is 0 Å². The van der Waals surface area contributed by atoms with E-state index >= 15 is 0 Å². The maximum absolute atomic E-state index is 13.1. The van der Waals surface area contributed by atoms with Gasteiger partial charge in [-0.05, 0) is 25.1 Å². The molecule has 0 aliphatic heterocycles. The Bertz CT molecular complexity index is 865. The van der Waals surface area contributed by atoms with Gasteiger partial charge in [0.1, 0.15) is 0 Å². The number of para-hydroxylation sites is 1. The number of hydrogen-bond acceptors (Lipinski definition) is 4. The molecule has 0 saturated heterocycles. The Morgan fingerprint density at radius 3 is 2.38 bits per heavy atom. The predicted octanol–water partition coefficient (Wildman–Crippen LogP) is 5.07. The highest BCUT2D eigenvalue weighted by atomic mass is 31.2. The Hall–Kier alpha value is -2.07. The molecular weight excluding hydrogens is 323 g/mol. The molecule has 24 heavy (non-hydrogen) atoms. The van der Waals surface area contributed by atoms with Gasteiger partial charge >= 0.3 is 7.60 Å². The van der Waals surface area contributed by atoms with Gasteiger partial charge in [0.05, 0.1) is 0 Å². The van der Waals surface area contributed by atoms with Crippen LogP contribution in [0.5, 0.6) is 0 Å². The largest absolute Gasteiger partial charge is 0.368 e. The van der Waals surface area contributed by atoms with Gasteiger partial charge in [0, 0.05) is 42.6 Å². The Kier molecular flexibility index (Phi) is 4.76. The minimum Gasteiger partial charge on any atom is -0.368 e. The molecule has 1 unspecified atom stereocenters. The van der Waals surface area contributed by atoms with Crippen molar-refractivity contribution in [3.8, 4) is 0 Å². The molecule has 2 N–H and O–H groups in total. The van der Waals surface area contributed by atoms with Crippen molar-refractivity contribution in [2.24, 2.45) is 0 Å². The summed E-state index contributed by atoms with van der Waals surface area (Å²) < 4.78 is 23.7. The monoisotopic (exact) mass is 344 g/mol. The second-order valence-electron chi connectivity index (χ2n) is 5.61. The van der Waals surface area contributed by atoms with E-state index in [1.807, 2.05) is 61.7 Å². The maximum atomic E-state index is 13.1. The number of fused-ring (bicyclic) bond motifs is 1. The van der Waals surface area contributed by atoms with E-state index in [9.17, 15) is 4.57 Å². The molecular formula is C18H21N2O3P. The Morgan fingerprint density at radius 2 is 1.71 bits per heavy atom. The molecule has 5 nitrogen and oxygen atoms in total. The third-order valence-corrected chi connectivity index (χ3v) is 6.15. The molecule has 0 fully saturated rings. The zero-order valence-corrected chi connectivity index (χ0v) is 14.8. The molecule has 1 aromatic heterocycles. The van der Waals surface area contributed by atoms with E-state index in [-0.39, 0.29) is 0 Å². The fourth-order valence-corrected chi connectivity index (χ4v) is 4.17. The predicted molar refractivity (Wildman–Crippen MR) is 97.5 cm³/mol.